The first-order valence-corrected chi connectivity index (χ1v) is 6.65. The van der Waals surface area contributed by atoms with Gasteiger partial charge in [0.15, 0.2) is 4.87 Å². The highest BCUT2D eigenvalue weighted by Gasteiger charge is 2.46. The summed E-state index contributed by atoms with van der Waals surface area (Å²) in [7, 11) is 0. The molecule has 1 heterocycles. The van der Waals surface area contributed by atoms with Gasteiger partial charge < -0.3 is 5.32 Å². The van der Waals surface area contributed by atoms with Crippen molar-refractivity contribution in [2.75, 3.05) is 5.32 Å². The van der Waals surface area contributed by atoms with Crippen LogP contribution < -0.4 is 5.32 Å². The van der Waals surface area contributed by atoms with Crippen LogP contribution >= 0.6 is 27.5 Å². The van der Waals surface area contributed by atoms with Crippen LogP contribution in [0.1, 0.15) is 11.1 Å². The Morgan fingerprint density at radius 1 is 1.06 bits per heavy atom. The number of fused-ring (bicyclic) bond motifs is 1. The quantitative estimate of drug-likeness (QED) is 0.793. The Balaban J connectivity index is 2.20. The number of rotatable bonds is 1. The van der Waals surface area contributed by atoms with Crippen LogP contribution in [0.2, 0.25) is 0 Å². The molecular formula is C14H9BrClNO. The number of nitrogens with one attached hydrogen (secondary N) is 1. The van der Waals surface area contributed by atoms with E-state index in [1.165, 1.54) is 0 Å². The van der Waals surface area contributed by atoms with Gasteiger partial charge in [0, 0.05) is 15.7 Å². The van der Waals surface area contributed by atoms with Crippen LogP contribution in [0.15, 0.2) is 53.0 Å². The van der Waals surface area contributed by atoms with Gasteiger partial charge >= 0.3 is 0 Å². The number of hydrogen-bond donors (Lipinski definition) is 1. The van der Waals surface area contributed by atoms with E-state index in [-0.39, 0.29) is 5.91 Å². The molecule has 1 atom stereocenters. The predicted molar refractivity (Wildman–Crippen MR) is 75.8 cm³/mol. The van der Waals surface area contributed by atoms with E-state index in [2.05, 4.69) is 21.2 Å². The number of amides is 1. The van der Waals surface area contributed by atoms with Crippen molar-refractivity contribution in [1.29, 1.82) is 0 Å². The van der Waals surface area contributed by atoms with Gasteiger partial charge in [-0.25, -0.2) is 0 Å². The van der Waals surface area contributed by atoms with Gasteiger partial charge in [0.2, 0.25) is 0 Å². The molecule has 0 saturated heterocycles. The second-order valence-electron chi connectivity index (χ2n) is 4.17. The van der Waals surface area contributed by atoms with Gasteiger partial charge in [0.1, 0.15) is 0 Å². The highest BCUT2D eigenvalue weighted by Crippen LogP contribution is 2.45. The second kappa shape index (κ2) is 4.11. The standard InChI is InChI=1S/C14H9BrClNO/c15-10-7-5-9(6-8-10)14(16)11-3-1-2-4-12(11)17-13(14)18/h1-8H,(H,17,18). The lowest BCUT2D eigenvalue weighted by molar-refractivity contribution is -0.117. The zero-order valence-electron chi connectivity index (χ0n) is 9.28. The van der Waals surface area contributed by atoms with Crippen molar-refractivity contribution in [1.82, 2.24) is 0 Å². The molecule has 0 bridgehead atoms. The molecule has 0 aliphatic carbocycles. The molecule has 0 spiro atoms. The van der Waals surface area contributed by atoms with Crippen molar-refractivity contribution in [3.05, 3.63) is 64.1 Å². The predicted octanol–water partition coefficient (Wildman–Crippen LogP) is 3.88. The van der Waals surface area contributed by atoms with E-state index in [4.69, 9.17) is 11.6 Å². The number of para-hydroxylation sites is 1. The summed E-state index contributed by atoms with van der Waals surface area (Å²) in [5.74, 6) is -0.201. The van der Waals surface area contributed by atoms with Gasteiger partial charge in [-0.15, -0.1) is 0 Å². The minimum atomic E-state index is -1.13. The Morgan fingerprint density at radius 3 is 2.44 bits per heavy atom. The molecule has 0 saturated carbocycles. The molecular weight excluding hydrogens is 314 g/mol. The number of benzene rings is 2. The van der Waals surface area contributed by atoms with E-state index in [0.29, 0.717) is 0 Å². The van der Waals surface area contributed by atoms with E-state index < -0.39 is 4.87 Å². The molecule has 90 valence electrons. The molecule has 1 N–H and O–H groups in total. The molecule has 1 aliphatic heterocycles. The third kappa shape index (κ3) is 1.58. The smallest absolute Gasteiger partial charge is 0.254 e. The van der Waals surface area contributed by atoms with Crippen LogP contribution in [0, 0.1) is 0 Å². The third-order valence-corrected chi connectivity index (χ3v) is 4.22. The molecule has 1 amide bonds. The van der Waals surface area contributed by atoms with Crippen molar-refractivity contribution in [2.45, 2.75) is 4.87 Å². The van der Waals surface area contributed by atoms with Crippen LogP contribution in [0.5, 0.6) is 0 Å². The third-order valence-electron chi connectivity index (χ3n) is 3.10. The van der Waals surface area contributed by atoms with Gasteiger partial charge in [0.05, 0.1) is 0 Å². The number of hydrogen-bond acceptors (Lipinski definition) is 1. The van der Waals surface area contributed by atoms with Crippen LogP contribution in [0.3, 0.4) is 0 Å². The lowest BCUT2D eigenvalue weighted by atomic mass is 9.92. The van der Waals surface area contributed by atoms with Crippen molar-refractivity contribution < 1.29 is 4.79 Å². The summed E-state index contributed by atoms with van der Waals surface area (Å²) in [6.45, 7) is 0. The van der Waals surface area contributed by atoms with Crippen molar-refractivity contribution in [3.8, 4) is 0 Å². The maximum Gasteiger partial charge on any atom is 0.254 e. The Morgan fingerprint density at radius 2 is 1.72 bits per heavy atom. The van der Waals surface area contributed by atoms with E-state index in [9.17, 15) is 4.79 Å². The van der Waals surface area contributed by atoms with Crippen molar-refractivity contribution >= 4 is 39.1 Å². The van der Waals surface area contributed by atoms with Gasteiger partial charge in [-0.3, -0.25) is 4.79 Å². The summed E-state index contributed by atoms with van der Waals surface area (Å²) in [6.07, 6.45) is 0. The fourth-order valence-corrected chi connectivity index (χ4v) is 2.79. The van der Waals surface area contributed by atoms with Crippen LogP contribution in [0.25, 0.3) is 0 Å². The number of carbonyl (C=O) groups excluding carboxylic acids is 1. The normalized spacial score (nSPS) is 21.6. The van der Waals surface area contributed by atoms with Crippen molar-refractivity contribution in [2.24, 2.45) is 0 Å². The van der Waals surface area contributed by atoms with Gasteiger partial charge in [-0.1, -0.05) is 57.9 Å². The highest BCUT2D eigenvalue weighted by atomic mass is 79.9. The van der Waals surface area contributed by atoms with Gasteiger partial charge in [-0.2, -0.15) is 0 Å². The number of halogens is 2. The minimum absolute atomic E-state index is 0.201. The Hall–Kier alpha value is -1.32. The molecule has 2 aromatic rings. The Kier molecular flexibility index (Phi) is 2.68. The first-order chi connectivity index (χ1) is 8.62. The summed E-state index contributed by atoms with van der Waals surface area (Å²) in [5, 5.41) is 2.82. The summed E-state index contributed by atoms with van der Waals surface area (Å²) in [6, 6.07) is 15.0. The first-order valence-electron chi connectivity index (χ1n) is 5.48. The molecule has 1 aliphatic rings. The molecule has 3 rings (SSSR count). The molecule has 2 aromatic carbocycles. The van der Waals surface area contributed by atoms with Gasteiger partial charge in [0.25, 0.3) is 5.91 Å². The molecule has 1 unspecified atom stereocenters. The zero-order valence-corrected chi connectivity index (χ0v) is 11.6. The zero-order chi connectivity index (χ0) is 12.8. The molecule has 2 nitrogen and oxygen atoms in total. The summed E-state index contributed by atoms with van der Waals surface area (Å²) >= 11 is 9.98. The largest absolute Gasteiger partial charge is 0.324 e. The van der Waals surface area contributed by atoms with Crippen LogP contribution in [-0.2, 0) is 9.67 Å². The topological polar surface area (TPSA) is 29.1 Å². The molecule has 0 fully saturated rings. The van der Waals surface area contributed by atoms with E-state index in [0.717, 1.165) is 21.3 Å². The van der Waals surface area contributed by atoms with Crippen LogP contribution in [0.4, 0.5) is 5.69 Å². The minimum Gasteiger partial charge on any atom is -0.324 e. The average molecular weight is 323 g/mol. The van der Waals surface area contributed by atoms with Crippen molar-refractivity contribution in [3.63, 3.8) is 0 Å². The lowest BCUT2D eigenvalue weighted by Gasteiger charge is -2.20. The first kappa shape index (κ1) is 11.8. The summed E-state index contributed by atoms with van der Waals surface area (Å²) < 4.78 is 0.957. The lowest BCUT2D eigenvalue weighted by Crippen LogP contribution is -2.29. The van der Waals surface area contributed by atoms with E-state index in [1.807, 2.05) is 48.5 Å². The second-order valence-corrected chi connectivity index (χ2v) is 5.65. The number of anilines is 1. The summed E-state index contributed by atoms with van der Waals surface area (Å²) in [5.41, 5.74) is 2.36. The fraction of sp³-hybridized carbons (Fsp3) is 0.0714. The molecule has 0 radical (unpaired) electrons. The summed E-state index contributed by atoms with van der Waals surface area (Å²) in [4.78, 5) is 11.1. The molecule has 4 heteroatoms. The monoisotopic (exact) mass is 321 g/mol. The maximum atomic E-state index is 12.2. The molecule has 18 heavy (non-hydrogen) atoms. The SMILES string of the molecule is O=C1Nc2ccccc2C1(Cl)c1ccc(Br)cc1. The molecule has 0 aromatic heterocycles. The maximum absolute atomic E-state index is 12.2. The van der Waals surface area contributed by atoms with Crippen LogP contribution in [-0.4, -0.2) is 5.91 Å². The Bertz CT molecular complexity index is 626. The number of carbonyl (C=O) groups is 1. The average Bonchev–Trinajstić information content (AvgIpc) is 2.64. The Labute approximate surface area is 118 Å². The van der Waals surface area contributed by atoms with E-state index >= 15 is 0 Å². The highest BCUT2D eigenvalue weighted by molar-refractivity contribution is 9.10. The fourth-order valence-electron chi connectivity index (χ4n) is 2.19. The van der Waals surface area contributed by atoms with E-state index in [1.54, 1.807) is 0 Å². The number of alkyl halides is 1. The van der Waals surface area contributed by atoms with Gasteiger partial charge in [-0.05, 0) is 23.8 Å².